The number of hydrogen-bond donors (Lipinski definition) is 1. The largest absolute Gasteiger partial charge is 0.351 e. The third-order valence-corrected chi connectivity index (χ3v) is 2.08. The maximum atomic E-state index is 10.8. The fourth-order valence-corrected chi connectivity index (χ4v) is 1.42. The molecule has 1 radical (unpaired) electrons. The first-order chi connectivity index (χ1) is 5.77. The van der Waals surface area contributed by atoms with Gasteiger partial charge in [-0.1, -0.05) is 12.1 Å². The van der Waals surface area contributed by atoms with Gasteiger partial charge in [0, 0.05) is 13.1 Å². The van der Waals surface area contributed by atoms with Gasteiger partial charge in [0.1, 0.15) is 0 Å². The molecule has 3 nitrogen and oxygen atoms in total. The number of rotatable bonds is 0. The van der Waals surface area contributed by atoms with Crippen molar-refractivity contribution in [3.63, 3.8) is 0 Å². The summed E-state index contributed by atoms with van der Waals surface area (Å²) in [6.45, 7) is 1.27. The van der Waals surface area contributed by atoms with Gasteiger partial charge in [-0.05, 0) is 23.3 Å². The first-order valence-corrected chi connectivity index (χ1v) is 3.79. The van der Waals surface area contributed by atoms with Crippen LogP contribution in [-0.2, 0) is 13.1 Å². The standard InChI is InChI=1S/C9H9N2O/c10-9(12)11-5-7-3-1-2-4-8(7)6-11/h1,3-4H,5-6H2,(H2,10,12). The number of primary amides is 1. The van der Waals surface area contributed by atoms with Gasteiger partial charge in [0.15, 0.2) is 0 Å². The maximum absolute atomic E-state index is 10.8. The Kier molecular flexibility index (Phi) is 1.50. The number of hydrogen-bond acceptors (Lipinski definition) is 1. The van der Waals surface area contributed by atoms with Crippen LogP contribution in [0, 0.1) is 6.07 Å². The lowest BCUT2D eigenvalue weighted by Crippen LogP contribution is -2.30. The molecule has 1 aromatic carbocycles. The van der Waals surface area contributed by atoms with Gasteiger partial charge in [-0.3, -0.25) is 0 Å². The molecule has 12 heavy (non-hydrogen) atoms. The van der Waals surface area contributed by atoms with E-state index in [0.29, 0.717) is 13.1 Å². The van der Waals surface area contributed by atoms with Crippen LogP contribution >= 0.6 is 0 Å². The molecular weight excluding hydrogens is 152 g/mol. The van der Waals surface area contributed by atoms with E-state index in [-0.39, 0.29) is 6.03 Å². The summed E-state index contributed by atoms with van der Waals surface area (Å²) in [5, 5.41) is 0. The van der Waals surface area contributed by atoms with Crippen LogP contribution in [-0.4, -0.2) is 10.9 Å². The van der Waals surface area contributed by atoms with Gasteiger partial charge < -0.3 is 10.6 Å². The molecule has 1 heterocycles. The van der Waals surface area contributed by atoms with Crippen LogP contribution < -0.4 is 5.73 Å². The summed E-state index contributed by atoms with van der Waals surface area (Å²) in [4.78, 5) is 12.4. The minimum Gasteiger partial charge on any atom is -0.351 e. The van der Waals surface area contributed by atoms with Crippen molar-refractivity contribution >= 4 is 6.03 Å². The van der Waals surface area contributed by atoms with Crippen LogP contribution in [0.4, 0.5) is 4.79 Å². The molecule has 1 aliphatic heterocycles. The molecular formula is C9H9N2O. The molecule has 0 fully saturated rings. The summed E-state index contributed by atoms with van der Waals surface area (Å²) in [7, 11) is 0. The van der Waals surface area contributed by atoms with Crippen LogP contribution in [0.5, 0.6) is 0 Å². The first-order valence-electron chi connectivity index (χ1n) is 3.79. The molecule has 1 aromatic rings. The lowest BCUT2D eigenvalue weighted by atomic mass is 10.1. The second kappa shape index (κ2) is 2.52. The molecule has 0 saturated carbocycles. The van der Waals surface area contributed by atoms with E-state index in [1.54, 1.807) is 4.90 Å². The number of benzene rings is 1. The molecule has 0 spiro atoms. The van der Waals surface area contributed by atoms with Gasteiger partial charge in [0.2, 0.25) is 0 Å². The van der Waals surface area contributed by atoms with Gasteiger partial charge in [0.05, 0.1) is 0 Å². The second-order valence-corrected chi connectivity index (χ2v) is 2.89. The highest BCUT2D eigenvalue weighted by Crippen LogP contribution is 2.20. The maximum Gasteiger partial charge on any atom is 0.315 e. The lowest BCUT2D eigenvalue weighted by Gasteiger charge is -2.10. The molecule has 0 unspecified atom stereocenters. The zero-order valence-corrected chi connectivity index (χ0v) is 6.58. The number of urea groups is 1. The Labute approximate surface area is 70.8 Å². The Bertz CT molecular complexity index is 297. The Balaban J connectivity index is 2.27. The van der Waals surface area contributed by atoms with Gasteiger partial charge in [-0.25, -0.2) is 4.79 Å². The third kappa shape index (κ3) is 1.03. The average molecular weight is 161 g/mol. The van der Waals surface area contributed by atoms with Gasteiger partial charge in [0.25, 0.3) is 0 Å². The number of carbonyl (C=O) groups excluding carboxylic acids is 1. The van der Waals surface area contributed by atoms with Crippen LogP contribution in [0.25, 0.3) is 0 Å². The lowest BCUT2D eigenvalue weighted by molar-refractivity contribution is 0.208. The van der Waals surface area contributed by atoms with Crippen LogP contribution in [0.2, 0.25) is 0 Å². The van der Waals surface area contributed by atoms with E-state index in [1.807, 2.05) is 18.2 Å². The first kappa shape index (κ1) is 7.16. The minimum atomic E-state index is -0.355. The summed E-state index contributed by atoms with van der Waals surface area (Å²) in [6.07, 6.45) is 0. The van der Waals surface area contributed by atoms with Crippen molar-refractivity contribution in [1.29, 1.82) is 0 Å². The Morgan fingerprint density at radius 3 is 2.92 bits per heavy atom. The summed E-state index contributed by atoms with van der Waals surface area (Å²) in [5.74, 6) is 0. The fourth-order valence-electron chi connectivity index (χ4n) is 1.42. The second-order valence-electron chi connectivity index (χ2n) is 2.89. The quantitative estimate of drug-likeness (QED) is 0.603. The topological polar surface area (TPSA) is 46.3 Å². The van der Waals surface area contributed by atoms with Crippen molar-refractivity contribution in [2.75, 3.05) is 0 Å². The van der Waals surface area contributed by atoms with Gasteiger partial charge >= 0.3 is 6.03 Å². The predicted octanol–water partition coefficient (Wildman–Crippen LogP) is 0.881. The number of nitrogens with zero attached hydrogens (tertiary/aromatic N) is 1. The third-order valence-electron chi connectivity index (χ3n) is 2.08. The highest BCUT2D eigenvalue weighted by atomic mass is 16.2. The molecule has 2 amide bonds. The zero-order chi connectivity index (χ0) is 8.55. The smallest absolute Gasteiger partial charge is 0.315 e. The van der Waals surface area contributed by atoms with Crippen LogP contribution in [0.15, 0.2) is 18.2 Å². The molecule has 2 rings (SSSR count). The SMILES string of the molecule is NC(=O)N1Cc2c[c]ccc2C1. The van der Waals surface area contributed by atoms with Crippen molar-refractivity contribution < 1.29 is 4.79 Å². The van der Waals surface area contributed by atoms with Crippen molar-refractivity contribution in [3.05, 3.63) is 35.4 Å². The molecule has 0 atom stereocenters. The molecule has 0 saturated heterocycles. The molecule has 0 bridgehead atoms. The number of carbonyl (C=O) groups is 1. The van der Waals surface area contributed by atoms with Crippen molar-refractivity contribution in [2.24, 2.45) is 5.73 Å². The number of fused-ring (bicyclic) bond motifs is 1. The number of amides is 2. The summed E-state index contributed by atoms with van der Waals surface area (Å²) in [5.41, 5.74) is 7.48. The van der Waals surface area contributed by atoms with E-state index in [2.05, 4.69) is 6.07 Å². The van der Waals surface area contributed by atoms with E-state index in [9.17, 15) is 4.79 Å². The van der Waals surface area contributed by atoms with E-state index < -0.39 is 0 Å². The molecule has 2 N–H and O–H groups in total. The molecule has 0 aromatic heterocycles. The number of nitrogens with two attached hydrogens (primary N) is 1. The minimum absolute atomic E-state index is 0.355. The van der Waals surface area contributed by atoms with E-state index in [4.69, 9.17) is 5.73 Å². The highest BCUT2D eigenvalue weighted by Gasteiger charge is 2.20. The molecule has 3 heteroatoms. The molecule has 1 aliphatic rings. The summed E-state index contributed by atoms with van der Waals surface area (Å²) >= 11 is 0. The Morgan fingerprint density at radius 2 is 2.25 bits per heavy atom. The normalized spacial score (nSPS) is 14.5. The fraction of sp³-hybridized carbons (Fsp3) is 0.222. The molecule has 61 valence electrons. The van der Waals surface area contributed by atoms with Crippen LogP contribution in [0.3, 0.4) is 0 Å². The van der Waals surface area contributed by atoms with Gasteiger partial charge in [-0.2, -0.15) is 0 Å². The van der Waals surface area contributed by atoms with Crippen molar-refractivity contribution in [1.82, 2.24) is 4.90 Å². The Morgan fingerprint density at radius 1 is 1.50 bits per heavy atom. The zero-order valence-electron chi connectivity index (χ0n) is 6.58. The van der Waals surface area contributed by atoms with Crippen LogP contribution in [0.1, 0.15) is 11.1 Å². The molecule has 0 aliphatic carbocycles. The average Bonchev–Trinajstić information content (AvgIpc) is 2.46. The van der Waals surface area contributed by atoms with Crippen molar-refractivity contribution in [3.8, 4) is 0 Å². The Hall–Kier alpha value is -1.51. The van der Waals surface area contributed by atoms with E-state index in [1.165, 1.54) is 5.56 Å². The van der Waals surface area contributed by atoms with Crippen molar-refractivity contribution in [2.45, 2.75) is 13.1 Å². The summed E-state index contributed by atoms with van der Waals surface area (Å²) in [6, 6.07) is 8.34. The predicted molar refractivity (Wildman–Crippen MR) is 44.1 cm³/mol. The highest BCUT2D eigenvalue weighted by molar-refractivity contribution is 5.72. The monoisotopic (exact) mass is 161 g/mol. The summed E-state index contributed by atoms with van der Waals surface area (Å²) < 4.78 is 0. The van der Waals surface area contributed by atoms with E-state index in [0.717, 1.165) is 5.56 Å². The van der Waals surface area contributed by atoms with E-state index >= 15 is 0 Å². The van der Waals surface area contributed by atoms with Gasteiger partial charge in [-0.15, -0.1) is 0 Å².